The molecular formula is C25H32O6. The van der Waals surface area contributed by atoms with Gasteiger partial charge in [0, 0.05) is 22.3 Å². The molecule has 6 nitrogen and oxygen atoms in total. The normalized spacial score (nSPS) is 58.2. The van der Waals surface area contributed by atoms with E-state index in [0.29, 0.717) is 25.7 Å². The maximum absolute atomic E-state index is 13.9. The number of hydrogen-bond donors (Lipinski definition) is 1. The number of Topliss-reactive ketones (excluding diaryl/α,β-unsaturated/α-hetero) is 1. The van der Waals surface area contributed by atoms with Gasteiger partial charge in [-0.1, -0.05) is 19.9 Å². The third-order valence-electron chi connectivity index (χ3n) is 11.4. The van der Waals surface area contributed by atoms with E-state index in [1.54, 1.807) is 0 Å². The van der Waals surface area contributed by atoms with Crippen LogP contribution in [0, 0.1) is 38.9 Å². The molecule has 6 fully saturated rings. The summed E-state index contributed by atoms with van der Waals surface area (Å²) in [6, 6.07) is 0. The van der Waals surface area contributed by atoms with Crippen molar-refractivity contribution in [2.45, 2.75) is 77.9 Å². The van der Waals surface area contributed by atoms with Crippen molar-refractivity contribution >= 4 is 17.7 Å². The molecule has 168 valence electrons. The van der Waals surface area contributed by atoms with Crippen LogP contribution in [0.5, 0.6) is 0 Å². The minimum atomic E-state index is -1.21. The van der Waals surface area contributed by atoms with Crippen molar-refractivity contribution < 1.29 is 29.0 Å². The van der Waals surface area contributed by atoms with E-state index < -0.39 is 32.9 Å². The predicted octanol–water partition coefficient (Wildman–Crippen LogP) is 2.96. The minimum Gasteiger partial charge on any atom is -0.465 e. The van der Waals surface area contributed by atoms with Gasteiger partial charge < -0.3 is 14.6 Å². The maximum Gasteiger partial charge on any atom is 0.331 e. The minimum absolute atomic E-state index is 0.170. The van der Waals surface area contributed by atoms with Crippen LogP contribution < -0.4 is 0 Å². The number of rotatable bonds is 0. The van der Waals surface area contributed by atoms with Gasteiger partial charge in [0.1, 0.15) is 11.4 Å². The first kappa shape index (κ1) is 20.0. The lowest BCUT2D eigenvalue weighted by Gasteiger charge is -2.70. The molecule has 0 amide bonds. The molecule has 3 spiro atoms. The van der Waals surface area contributed by atoms with E-state index in [0.717, 1.165) is 6.42 Å². The molecule has 0 aromatic rings. The Morgan fingerprint density at radius 3 is 2.42 bits per heavy atom. The summed E-state index contributed by atoms with van der Waals surface area (Å²) in [5, 5.41) is 12.4. The molecule has 0 aromatic heterocycles. The quantitative estimate of drug-likeness (QED) is 0.597. The highest BCUT2D eigenvalue weighted by molar-refractivity contribution is 5.97. The van der Waals surface area contributed by atoms with E-state index in [1.807, 2.05) is 40.7 Å². The Kier molecular flexibility index (Phi) is 3.19. The third kappa shape index (κ3) is 1.67. The van der Waals surface area contributed by atoms with Crippen LogP contribution in [0.25, 0.3) is 0 Å². The Labute approximate surface area is 182 Å². The number of esters is 2. The lowest BCUT2D eigenvalue weighted by molar-refractivity contribution is -0.266. The molecule has 2 heterocycles. The largest absolute Gasteiger partial charge is 0.465 e. The molecule has 5 aliphatic carbocycles. The van der Waals surface area contributed by atoms with E-state index in [-0.39, 0.29) is 41.6 Å². The number of hydrogen-bond acceptors (Lipinski definition) is 6. The number of ketones is 1. The van der Waals surface area contributed by atoms with Gasteiger partial charge in [0.25, 0.3) is 0 Å². The Hall–Kier alpha value is -1.69. The van der Waals surface area contributed by atoms with E-state index in [2.05, 4.69) is 0 Å². The number of carbonyl (C=O) groups is 3. The molecular weight excluding hydrogens is 396 g/mol. The van der Waals surface area contributed by atoms with Crippen LogP contribution >= 0.6 is 0 Å². The molecule has 8 atom stereocenters. The standard InChI is InChI=1S/C25H32O6/c1-19(2)24(7-6-16(26)31-19)9-8-23-12-20(3)10-14-17(27)30-13-25(14,23)21(4,18(20)28)11-15(23)22(24,5)29/h6-7,14-15,29H,8-13H2,1-5H3. The summed E-state index contributed by atoms with van der Waals surface area (Å²) in [5.74, 6) is -0.793. The molecule has 0 radical (unpaired) electrons. The molecule has 8 unspecified atom stereocenters. The zero-order valence-electron chi connectivity index (χ0n) is 19.0. The van der Waals surface area contributed by atoms with Gasteiger partial charge in [0.05, 0.1) is 23.5 Å². The first-order chi connectivity index (χ1) is 14.2. The van der Waals surface area contributed by atoms with Gasteiger partial charge in [0.15, 0.2) is 0 Å². The second-order valence-corrected chi connectivity index (χ2v) is 12.5. The van der Waals surface area contributed by atoms with Gasteiger partial charge in [0.2, 0.25) is 0 Å². The molecule has 5 saturated carbocycles. The lowest BCUT2D eigenvalue weighted by atomic mass is 9.32. The molecule has 6 heteroatoms. The van der Waals surface area contributed by atoms with Crippen molar-refractivity contribution in [1.29, 1.82) is 0 Å². The van der Waals surface area contributed by atoms with Crippen molar-refractivity contribution in [3.63, 3.8) is 0 Å². The van der Waals surface area contributed by atoms with Crippen LogP contribution in [0.1, 0.15) is 66.7 Å². The van der Waals surface area contributed by atoms with Crippen molar-refractivity contribution in [2.75, 3.05) is 6.61 Å². The zero-order chi connectivity index (χ0) is 22.5. The van der Waals surface area contributed by atoms with Crippen molar-refractivity contribution in [1.82, 2.24) is 0 Å². The summed E-state index contributed by atoms with van der Waals surface area (Å²) in [6.07, 6.45) is 6.53. The molecule has 0 aromatic carbocycles. The molecule has 1 saturated heterocycles. The Balaban J connectivity index is 1.59. The predicted molar refractivity (Wildman–Crippen MR) is 109 cm³/mol. The first-order valence-corrected chi connectivity index (χ1v) is 11.6. The summed E-state index contributed by atoms with van der Waals surface area (Å²) < 4.78 is 11.5. The number of carbonyl (C=O) groups excluding carboxylic acids is 3. The fourth-order valence-electron chi connectivity index (χ4n) is 10.3. The fourth-order valence-corrected chi connectivity index (χ4v) is 10.3. The first-order valence-electron chi connectivity index (χ1n) is 11.6. The number of ether oxygens (including phenoxy) is 2. The lowest BCUT2D eigenvalue weighted by Crippen LogP contribution is -2.73. The van der Waals surface area contributed by atoms with Gasteiger partial charge in [-0.3, -0.25) is 9.59 Å². The topological polar surface area (TPSA) is 89.9 Å². The summed E-state index contributed by atoms with van der Waals surface area (Å²) in [7, 11) is 0. The molecule has 4 bridgehead atoms. The Morgan fingerprint density at radius 2 is 1.74 bits per heavy atom. The zero-order valence-corrected chi connectivity index (χ0v) is 19.0. The second-order valence-electron chi connectivity index (χ2n) is 12.5. The monoisotopic (exact) mass is 428 g/mol. The van der Waals surface area contributed by atoms with Gasteiger partial charge in [-0.2, -0.15) is 0 Å². The summed E-state index contributed by atoms with van der Waals surface area (Å²) >= 11 is 0. The number of cyclic esters (lactones) is 2. The van der Waals surface area contributed by atoms with E-state index in [4.69, 9.17) is 9.47 Å². The van der Waals surface area contributed by atoms with Gasteiger partial charge in [-0.15, -0.1) is 0 Å². The van der Waals surface area contributed by atoms with Crippen LogP contribution in [-0.4, -0.2) is 40.6 Å². The highest BCUT2D eigenvalue weighted by atomic mass is 16.6. The highest BCUT2D eigenvalue weighted by Gasteiger charge is 2.89. The van der Waals surface area contributed by atoms with Crippen LogP contribution in [-0.2, 0) is 23.9 Å². The van der Waals surface area contributed by atoms with Crippen LogP contribution in [0.15, 0.2) is 12.2 Å². The average Bonchev–Trinajstić information content (AvgIpc) is 3.09. The van der Waals surface area contributed by atoms with E-state index in [9.17, 15) is 19.5 Å². The molecule has 7 rings (SSSR count). The molecule has 2 aliphatic heterocycles. The van der Waals surface area contributed by atoms with Crippen LogP contribution in [0.2, 0.25) is 0 Å². The molecule has 31 heavy (non-hydrogen) atoms. The summed E-state index contributed by atoms with van der Waals surface area (Å²) in [6.45, 7) is 9.97. The van der Waals surface area contributed by atoms with Gasteiger partial charge >= 0.3 is 11.9 Å². The molecule has 7 aliphatic rings. The number of aliphatic hydroxyl groups is 1. The van der Waals surface area contributed by atoms with Crippen LogP contribution in [0.3, 0.4) is 0 Å². The second kappa shape index (κ2) is 4.95. The van der Waals surface area contributed by atoms with E-state index >= 15 is 0 Å². The average molecular weight is 429 g/mol. The van der Waals surface area contributed by atoms with Crippen molar-refractivity contribution in [3.05, 3.63) is 12.2 Å². The smallest absolute Gasteiger partial charge is 0.331 e. The van der Waals surface area contributed by atoms with Crippen molar-refractivity contribution in [3.8, 4) is 0 Å². The Morgan fingerprint density at radius 1 is 1.03 bits per heavy atom. The van der Waals surface area contributed by atoms with Gasteiger partial charge in [-0.25, -0.2) is 4.79 Å². The SMILES string of the molecule is CC12CC3C(=O)OCC34C(C)(CC3C(C)(O)C5(C=CC(=O)OC5(C)C)CCC34C1)C2=O. The Bertz CT molecular complexity index is 994. The highest BCUT2D eigenvalue weighted by Crippen LogP contribution is 2.86. The fraction of sp³-hybridized carbons (Fsp3) is 0.800. The van der Waals surface area contributed by atoms with Gasteiger partial charge in [-0.05, 0) is 64.2 Å². The third-order valence-corrected chi connectivity index (χ3v) is 11.4. The van der Waals surface area contributed by atoms with Crippen LogP contribution in [0.4, 0.5) is 0 Å². The van der Waals surface area contributed by atoms with E-state index in [1.165, 1.54) is 6.08 Å². The summed E-state index contributed by atoms with van der Waals surface area (Å²) in [4.78, 5) is 38.9. The van der Waals surface area contributed by atoms with Crippen molar-refractivity contribution in [2.24, 2.45) is 38.9 Å². The molecule has 1 N–H and O–H groups in total. The summed E-state index contributed by atoms with van der Waals surface area (Å²) in [5.41, 5.74) is -5.01. The maximum atomic E-state index is 13.9.